The monoisotopic (exact) mass is 382 g/mol. The number of rotatable bonds is 14. The number of nitrogens with zero attached hydrogens (tertiary/aromatic N) is 2. The molecule has 0 aliphatic heterocycles. The second-order valence-electron chi connectivity index (χ2n) is 7.74. The Kier molecular flexibility index (Phi) is 10.7. The van der Waals surface area contributed by atoms with Gasteiger partial charge in [0.1, 0.15) is 11.5 Å². The minimum atomic E-state index is 0.700. The molecule has 0 radical (unpaired) electrons. The molecular formula is C25H38N2O. The van der Waals surface area contributed by atoms with Crippen molar-refractivity contribution in [2.75, 3.05) is 19.6 Å². The van der Waals surface area contributed by atoms with Gasteiger partial charge in [0.2, 0.25) is 0 Å². The summed E-state index contributed by atoms with van der Waals surface area (Å²) in [7, 11) is 0. The summed E-state index contributed by atoms with van der Waals surface area (Å²) in [5.74, 6) is 1.74. The van der Waals surface area contributed by atoms with Crippen LogP contribution in [0.3, 0.4) is 0 Å². The van der Waals surface area contributed by atoms with Crippen molar-refractivity contribution in [3.8, 4) is 0 Å². The maximum Gasteiger partial charge on any atom is 0.144 e. The largest absolute Gasteiger partial charge is 0.460 e. The van der Waals surface area contributed by atoms with E-state index in [2.05, 4.69) is 48.0 Å². The van der Waals surface area contributed by atoms with Crippen LogP contribution in [0.1, 0.15) is 75.0 Å². The van der Waals surface area contributed by atoms with Crippen molar-refractivity contribution in [3.63, 3.8) is 0 Å². The van der Waals surface area contributed by atoms with E-state index in [1.54, 1.807) is 0 Å². The normalized spacial score (nSPS) is 11.7. The van der Waals surface area contributed by atoms with Gasteiger partial charge in [-0.05, 0) is 81.9 Å². The van der Waals surface area contributed by atoms with E-state index >= 15 is 0 Å². The van der Waals surface area contributed by atoms with Crippen molar-refractivity contribution in [1.29, 1.82) is 0 Å². The molecule has 0 N–H and O–H groups in total. The summed E-state index contributed by atoms with van der Waals surface area (Å²) in [6.45, 7) is 11.0. The van der Waals surface area contributed by atoms with Crippen LogP contribution in [-0.2, 0) is 13.0 Å². The molecular weight excluding hydrogens is 344 g/mol. The topological polar surface area (TPSA) is 28.7 Å². The zero-order chi connectivity index (χ0) is 20.0. The van der Waals surface area contributed by atoms with Crippen LogP contribution >= 0.6 is 0 Å². The Morgan fingerprint density at radius 3 is 2.14 bits per heavy atom. The third-order valence-corrected chi connectivity index (χ3v) is 5.05. The van der Waals surface area contributed by atoms with Crippen LogP contribution in [0.2, 0.25) is 0 Å². The fraction of sp³-hybridized carbons (Fsp3) is 0.560. The van der Waals surface area contributed by atoms with Crippen LogP contribution < -0.4 is 0 Å². The lowest BCUT2D eigenvalue weighted by molar-refractivity contribution is 0.268. The van der Waals surface area contributed by atoms with Crippen molar-refractivity contribution in [2.45, 2.75) is 72.3 Å². The van der Waals surface area contributed by atoms with E-state index in [9.17, 15) is 0 Å². The van der Waals surface area contributed by atoms with Gasteiger partial charge in [-0.15, -0.1) is 0 Å². The average molecular weight is 383 g/mol. The van der Waals surface area contributed by atoms with Crippen LogP contribution in [0.25, 0.3) is 0 Å². The maximum absolute atomic E-state index is 5.50. The number of furan rings is 1. The Morgan fingerprint density at radius 1 is 0.821 bits per heavy atom. The summed E-state index contributed by atoms with van der Waals surface area (Å²) in [6, 6.07) is 12.8. The van der Waals surface area contributed by atoms with Crippen molar-refractivity contribution in [1.82, 2.24) is 4.90 Å². The smallest absolute Gasteiger partial charge is 0.144 e. The highest BCUT2D eigenvalue weighted by Gasteiger charge is 2.02. The van der Waals surface area contributed by atoms with Crippen molar-refractivity contribution in [2.24, 2.45) is 4.99 Å². The average Bonchev–Trinajstić information content (AvgIpc) is 3.11. The number of benzene rings is 1. The summed E-state index contributed by atoms with van der Waals surface area (Å²) in [4.78, 5) is 7.09. The first-order valence-corrected chi connectivity index (χ1v) is 11.1. The van der Waals surface area contributed by atoms with Gasteiger partial charge in [0.25, 0.3) is 0 Å². The first-order chi connectivity index (χ1) is 13.7. The second kappa shape index (κ2) is 13.3. The van der Waals surface area contributed by atoms with Crippen LogP contribution in [0.15, 0.2) is 45.8 Å². The molecule has 0 amide bonds. The van der Waals surface area contributed by atoms with Gasteiger partial charge in [-0.1, -0.05) is 51.0 Å². The Bertz CT molecular complexity index is 666. The molecule has 0 spiro atoms. The summed E-state index contributed by atoms with van der Waals surface area (Å²) in [5, 5.41) is 0. The van der Waals surface area contributed by atoms with E-state index in [4.69, 9.17) is 4.42 Å². The molecule has 1 aromatic heterocycles. The second-order valence-corrected chi connectivity index (χ2v) is 7.74. The number of unbranched alkanes of at least 4 members (excludes halogenated alkanes) is 3. The van der Waals surface area contributed by atoms with Gasteiger partial charge >= 0.3 is 0 Å². The predicted molar refractivity (Wildman–Crippen MR) is 120 cm³/mol. The minimum Gasteiger partial charge on any atom is -0.460 e. The van der Waals surface area contributed by atoms with E-state index in [-0.39, 0.29) is 0 Å². The summed E-state index contributed by atoms with van der Waals surface area (Å²) in [6.07, 6.45) is 10.8. The number of aliphatic imine (C=N–C) groups is 1. The lowest BCUT2D eigenvalue weighted by atomic mass is 10.0. The highest BCUT2D eigenvalue weighted by atomic mass is 16.3. The Hall–Kier alpha value is -1.87. The van der Waals surface area contributed by atoms with E-state index in [0.29, 0.717) is 6.54 Å². The summed E-state index contributed by atoms with van der Waals surface area (Å²) >= 11 is 0. The Balaban J connectivity index is 1.60. The molecule has 0 saturated carbocycles. The van der Waals surface area contributed by atoms with Gasteiger partial charge in [-0.3, -0.25) is 4.99 Å². The SMILES string of the molecule is CCCN(CCC)CCCCCCc1ccc(CN=Cc2ccc(C)o2)cc1. The lowest BCUT2D eigenvalue weighted by Gasteiger charge is -2.20. The molecule has 154 valence electrons. The van der Waals surface area contributed by atoms with Gasteiger partial charge < -0.3 is 9.32 Å². The molecule has 0 unspecified atom stereocenters. The molecule has 3 nitrogen and oxygen atoms in total. The molecule has 0 atom stereocenters. The van der Waals surface area contributed by atoms with E-state index < -0.39 is 0 Å². The van der Waals surface area contributed by atoms with Gasteiger partial charge in [-0.25, -0.2) is 0 Å². The van der Waals surface area contributed by atoms with Crippen molar-refractivity contribution < 1.29 is 4.42 Å². The standard InChI is InChI=1S/C25H38N2O/c1-4-17-27(18-5-2)19-9-7-6-8-10-23-12-14-24(15-13-23)20-26-21-25-16-11-22(3)28-25/h11-16,21H,4-10,17-20H2,1-3H3. The fourth-order valence-electron chi connectivity index (χ4n) is 3.56. The third kappa shape index (κ3) is 8.88. The van der Waals surface area contributed by atoms with Crippen LogP contribution in [0, 0.1) is 6.92 Å². The lowest BCUT2D eigenvalue weighted by Crippen LogP contribution is -2.26. The summed E-state index contributed by atoms with van der Waals surface area (Å²) < 4.78 is 5.50. The van der Waals surface area contributed by atoms with Crippen LogP contribution in [0.4, 0.5) is 0 Å². The van der Waals surface area contributed by atoms with E-state index in [1.807, 2.05) is 25.3 Å². The molecule has 3 heteroatoms. The molecule has 0 bridgehead atoms. The molecule has 1 heterocycles. The van der Waals surface area contributed by atoms with Crippen molar-refractivity contribution >= 4 is 6.21 Å². The van der Waals surface area contributed by atoms with E-state index in [1.165, 1.54) is 75.7 Å². The third-order valence-electron chi connectivity index (χ3n) is 5.05. The molecule has 28 heavy (non-hydrogen) atoms. The zero-order valence-corrected chi connectivity index (χ0v) is 18.1. The first-order valence-electron chi connectivity index (χ1n) is 11.1. The molecule has 0 saturated heterocycles. The number of hydrogen-bond donors (Lipinski definition) is 0. The highest BCUT2D eigenvalue weighted by Crippen LogP contribution is 2.11. The zero-order valence-electron chi connectivity index (χ0n) is 18.1. The number of hydrogen-bond acceptors (Lipinski definition) is 3. The fourth-order valence-corrected chi connectivity index (χ4v) is 3.56. The maximum atomic E-state index is 5.50. The predicted octanol–water partition coefficient (Wildman–Crippen LogP) is 6.43. The molecule has 2 aromatic rings. The Labute approximate surface area is 171 Å². The Morgan fingerprint density at radius 2 is 1.50 bits per heavy atom. The number of aryl methyl sites for hydroxylation is 2. The van der Waals surface area contributed by atoms with E-state index in [0.717, 1.165) is 11.5 Å². The molecule has 0 fully saturated rings. The van der Waals surface area contributed by atoms with Gasteiger partial charge in [-0.2, -0.15) is 0 Å². The molecule has 0 aliphatic rings. The van der Waals surface area contributed by atoms with Gasteiger partial charge in [0.15, 0.2) is 0 Å². The van der Waals surface area contributed by atoms with Crippen molar-refractivity contribution in [3.05, 3.63) is 59.0 Å². The first kappa shape index (κ1) is 22.4. The highest BCUT2D eigenvalue weighted by molar-refractivity contribution is 5.75. The molecule has 2 rings (SSSR count). The quantitative estimate of drug-likeness (QED) is 0.278. The minimum absolute atomic E-state index is 0.700. The molecule has 0 aliphatic carbocycles. The molecule has 1 aromatic carbocycles. The van der Waals surface area contributed by atoms with Gasteiger partial charge in [0.05, 0.1) is 12.8 Å². The summed E-state index contributed by atoms with van der Waals surface area (Å²) in [5.41, 5.74) is 2.68. The van der Waals surface area contributed by atoms with Crippen LogP contribution in [-0.4, -0.2) is 30.7 Å². The van der Waals surface area contributed by atoms with Crippen LogP contribution in [0.5, 0.6) is 0 Å². The van der Waals surface area contributed by atoms with Gasteiger partial charge in [0, 0.05) is 0 Å².